The highest BCUT2D eigenvalue weighted by molar-refractivity contribution is 9.11. The highest BCUT2D eigenvalue weighted by Crippen LogP contribution is 2.28. The Morgan fingerprint density at radius 2 is 2.20 bits per heavy atom. The maximum Gasteiger partial charge on any atom is 0.295 e. The van der Waals surface area contributed by atoms with Crippen LogP contribution in [0.15, 0.2) is 28.1 Å². The first-order valence-electron chi connectivity index (χ1n) is 5.90. The van der Waals surface area contributed by atoms with E-state index in [-0.39, 0.29) is 5.69 Å². The smallest absolute Gasteiger partial charge is 0.295 e. The molecule has 106 valence electrons. The van der Waals surface area contributed by atoms with Crippen LogP contribution in [-0.4, -0.2) is 11.5 Å². The molecule has 0 atom stereocenters. The van der Waals surface area contributed by atoms with Gasteiger partial charge in [0.25, 0.3) is 5.69 Å². The number of hydrogen-bond acceptors (Lipinski definition) is 4. The van der Waals surface area contributed by atoms with Gasteiger partial charge in [-0.25, -0.2) is 4.39 Å². The van der Waals surface area contributed by atoms with Gasteiger partial charge in [-0.1, -0.05) is 0 Å². The molecule has 2 rings (SSSR count). The number of halogens is 2. The lowest BCUT2D eigenvalue weighted by Gasteiger charge is -2.08. The van der Waals surface area contributed by atoms with Crippen LogP contribution in [0.25, 0.3) is 0 Å². The zero-order valence-corrected chi connectivity index (χ0v) is 13.1. The van der Waals surface area contributed by atoms with E-state index in [9.17, 15) is 14.5 Å². The normalized spacial score (nSPS) is 10.6. The van der Waals surface area contributed by atoms with Crippen LogP contribution < -0.4 is 5.32 Å². The summed E-state index contributed by atoms with van der Waals surface area (Å²) in [6.07, 6.45) is 0.754. The number of hydrogen-bond donors (Lipinski definition) is 1. The minimum atomic E-state index is -0.577. The van der Waals surface area contributed by atoms with E-state index in [4.69, 9.17) is 0 Å². The average Bonchev–Trinajstić information content (AvgIpc) is 2.79. The minimum absolute atomic E-state index is 0.236. The van der Waals surface area contributed by atoms with Gasteiger partial charge in [0.1, 0.15) is 11.5 Å². The van der Waals surface area contributed by atoms with Crippen molar-refractivity contribution >= 4 is 38.6 Å². The van der Waals surface area contributed by atoms with E-state index < -0.39 is 10.7 Å². The molecule has 0 amide bonds. The van der Waals surface area contributed by atoms with E-state index >= 15 is 0 Å². The standard InChI is InChI=1S/C13H12BrFN2O2S/c1-8-6-11(12(17(18)19)7-10(8)15)16-5-4-9-2-3-13(14)20-9/h2-3,6-7,16H,4-5H2,1H3. The zero-order valence-electron chi connectivity index (χ0n) is 10.7. The number of aryl methyl sites for hydroxylation is 1. The Morgan fingerprint density at radius 3 is 2.80 bits per heavy atom. The first kappa shape index (κ1) is 14.9. The summed E-state index contributed by atoms with van der Waals surface area (Å²) in [6, 6.07) is 6.39. The van der Waals surface area contributed by atoms with E-state index in [1.165, 1.54) is 10.9 Å². The van der Waals surface area contributed by atoms with Gasteiger partial charge in [0, 0.05) is 11.4 Å². The molecule has 2 aromatic rings. The van der Waals surface area contributed by atoms with E-state index in [1.807, 2.05) is 12.1 Å². The molecule has 20 heavy (non-hydrogen) atoms. The highest BCUT2D eigenvalue weighted by atomic mass is 79.9. The fraction of sp³-hybridized carbons (Fsp3) is 0.231. The molecule has 0 aliphatic rings. The predicted octanol–water partition coefficient (Wildman–Crippen LogP) is 4.52. The van der Waals surface area contributed by atoms with Crippen LogP contribution in [0.1, 0.15) is 10.4 Å². The third-order valence-corrected chi connectivity index (χ3v) is 4.47. The Hall–Kier alpha value is -1.47. The topological polar surface area (TPSA) is 55.2 Å². The zero-order chi connectivity index (χ0) is 14.7. The van der Waals surface area contributed by atoms with E-state index in [0.29, 0.717) is 17.8 Å². The highest BCUT2D eigenvalue weighted by Gasteiger charge is 2.16. The molecular formula is C13H12BrFN2O2S. The fourth-order valence-electron chi connectivity index (χ4n) is 1.77. The molecule has 0 fully saturated rings. The first-order chi connectivity index (χ1) is 9.47. The number of rotatable bonds is 5. The van der Waals surface area contributed by atoms with Gasteiger partial charge in [0.2, 0.25) is 0 Å². The molecule has 0 bridgehead atoms. The number of thiophene rings is 1. The molecule has 1 N–H and O–H groups in total. The van der Waals surface area contributed by atoms with E-state index in [2.05, 4.69) is 21.2 Å². The average molecular weight is 359 g/mol. The lowest BCUT2D eigenvalue weighted by Crippen LogP contribution is -2.07. The van der Waals surface area contributed by atoms with Crippen LogP contribution in [0, 0.1) is 22.9 Å². The van der Waals surface area contributed by atoms with Crippen LogP contribution in [0.3, 0.4) is 0 Å². The second-order valence-corrected chi connectivity index (χ2v) is 6.81. The maximum atomic E-state index is 13.4. The lowest BCUT2D eigenvalue weighted by atomic mass is 10.1. The van der Waals surface area contributed by atoms with Gasteiger partial charge < -0.3 is 5.32 Å². The van der Waals surface area contributed by atoms with Crippen molar-refractivity contribution in [2.45, 2.75) is 13.3 Å². The quantitative estimate of drug-likeness (QED) is 0.631. The second kappa shape index (κ2) is 6.32. The molecule has 1 heterocycles. The summed E-state index contributed by atoms with van der Waals surface area (Å²) in [6.45, 7) is 2.14. The van der Waals surface area contributed by atoms with Crippen LogP contribution in [0.5, 0.6) is 0 Å². The molecule has 1 aromatic carbocycles. The summed E-state index contributed by atoms with van der Waals surface area (Å²) in [4.78, 5) is 11.5. The van der Waals surface area contributed by atoms with Gasteiger partial charge in [0.15, 0.2) is 0 Å². The van der Waals surface area contributed by atoms with Crippen molar-refractivity contribution in [1.82, 2.24) is 0 Å². The molecule has 7 heteroatoms. The van der Waals surface area contributed by atoms with Crippen molar-refractivity contribution < 1.29 is 9.31 Å². The first-order valence-corrected chi connectivity index (χ1v) is 7.51. The molecule has 0 aliphatic carbocycles. The fourth-order valence-corrected chi connectivity index (χ4v) is 3.25. The molecule has 0 saturated heterocycles. The van der Waals surface area contributed by atoms with Gasteiger partial charge in [0.05, 0.1) is 14.8 Å². The molecule has 0 radical (unpaired) electrons. The Morgan fingerprint density at radius 1 is 1.45 bits per heavy atom. The Bertz CT molecular complexity index is 645. The Labute approximate surface area is 127 Å². The monoisotopic (exact) mass is 358 g/mol. The number of nitro groups is 1. The summed E-state index contributed by atoms with van der Waals surface area (Å²) in [5.74, 6) is -0.565. The molecule has 0 unspecified atom stereocenters. The van der Waals surface area contributed by atoms with Crippen LogP contribution in [-0.2, 0) is 6.42 Å². The molecule has 0 aliphatic heterocycles. The lowest BCUT2D eigenvalue weighted by molar-refractivity contribution is -0.384. The number of nitrogens with one attached hydrogen (secondary N) is 1. The summed E-state index contributed by atoms with van der Waals surface area (Å²) >= 11 is 5.01. The molecular weight excluding hydrogens is 347 g/mol. The van der Waals surface area contributed by atoms with Crippen LogP contribution in [0.2, 0.25) is 0 Å². The van der Waals surface area contributed by atoms with Crippen molar-refractivity contribution in [3.63, 3.8) is 0 Å². The van der Waals surface area contributed by atoms with Gasteiger partial charge >= 0.3 is 0 Å². The van der Waals surface area contributed by atoms with Crippen LogP contribution in [0.4, 0.5) is 15.8 Å². The summed E-state index contributed by atoms with van der Waals surface area (Å²) in [5.41, 5.74) is 0.502. The van der Waals surface area contributed by atoms with Crippen molar-refractivity contribution in [3.8, 4) is 0 Å². The second-order valence-electron chi connectivity index (χ2n) is 4.26. The van der Waals surface area contributed by atoms with E-state index in [0.717, 1.165) is 16.3 Å². The maximum absolute atomic E-state index is 13.4. The summed E-state index contributed by atoms with van der Waals surface area (Å²) < 4.78 is 14.4. The largest absolute Gasteiger partial charge is 0.379 e. The SMILES string of the molecule is Cc1cc(NCCc2ccc(Br)s2)c([N+](=O)[O-])cc1F. The van der Waals surface area contributed by atoms with Crippen molar-refractivity contribution in [2.75, 3.05) is 11.9 Å². The molecule has 4 nitrogen and oxygen atoms in total. The third-order valence-electron chi connectivity index (χ3n) is 2.79. The van der Waals surface area contributed by atoms with Crippen molar-refractivity contribution in [2.24, 2.45) is 0 Å². The number of anilines is 1. The summed E-state index contributed by atoms with van der Waals surface area (Å²) in [7, 11) is 0. The molecule has 0 spiro atoms. The molecule has 0 saturated carbocycles. The van der Waals surface area contributed by atoms with E-state index in [1.54, 1.807) is 18.3 Å². The van der Waals surface area contributed by atoms with Gasteiger partial charge in [-0.2, -0.15) is 0 Å². The number of nitrogens with zero attached hydrogens (tertiary/aromatic N) is 1. The van der Waals surface area contributed by atoms with Crippen LogP contribution >= 0.6 is 27.3 Å². The minimum Gasteiger partial charge on any atom is -0.379 e. The number of benzene rings is 1. The third kappa shape index (κ3) is 3.55. The van der Waals surface area contributed by atoms with Gasteiger partial charge in [-0.05, 0) is 53.0 Å². The van der Waals surface area contributed by atoms with Crippen molar-refractivity contribution in [3.05, 3.63) is 54.4 Å². The molecule has 1 aromatic heterocycles. The van der Waals surface area contributed by atoms with Gasteiger partial charge in [-0.3, -0.25) is 10.1 Å². The Balaban J connectivity index is 2.08. The Kier molecular flexibility index (Phi) is 4.72. The summed E-state index contributed by atoms with van der Waals surface area (Å²) in [5, 5.41) is 13.9. The van der Waals surface area contributed by atoms with Crippen molar-refractivity contribution in [1.29, 1.82) is 0 Å². The van der Waals surface area contributed by atoms with Gasteiger partial charge in [-0.15, -0.1) is 11.3 Å². The predicted molar refractivity (Wildman–Crippen MR) is 82.0 cm³/mol. The number of nitro benzene ring substituents is 1.